The topological polar surface area (TPSA) is 83.8 Å². The number of carbonyl (C=O) groups excluding carboxylic acids is 1. The predicted molar refractivity (Wildman–Crippen MR) is 116 cm³/mol. The van der Waals surface area contributed by atoms with Crippen LogP contribution in [0.15, 0.2) is 48.5 Å². The number of benzene rings is 2. The summed E-state index contributed by atoms with van der Waals surface area (Å²) in [5, 5.41) is 4.13. The molecule has 4 aromatic rings. The van der Waals surface area contributed by atoms with E-state index in [0.29, 0.717) is 27.9 Å². The van der Waals surface area contributed by atoms with Gasteiger partial charge < -0.3 is 16.0 Å². The maximum absolute atomic E-state index is 13.2. The highest BCUT2D eigenvalue weighted by Crippen LogP contribution is 2.34. The van der Waals surface area contributed by atoms with E-state index in [4.69, 9.17) is 5.73 Å². The van der Waals surface area contributed by atoms with Gasteiger partial charge in [0.15, 0.2) is 0 Å². The van der Waals surface area contributed by atoms with Gasteiger partial charge in [0.1, 0.15) is 0 Å². The van der Waals surface area contributed by atoms with Crippen molar-refractivity contribution in [2.75, 3.05) is 5.32 Å². The zero-order valence-corrected chi connectivity index (χ0v) is 17.0. The number of carbonyl (C=O) groups is 1. The van der Waals surface area contributed by atoms with Crippen LogP contribution < -0.4 is 11.1 Å². The summed E-state index contributed by atoms with van der Waals surface area (Å²) in [7, 11) is 0. The van der Waals surface area contributed by atoms with E-state index in [1.54, 1.807) is 12.1 Å². The van der Waals surface area contributed by atoms with Crippen LogP contribution in [0.25, 0.3) is 33.2 Å². The fourth-order valence-corrected chi connectivity index (χ4v) is 3.67. The summed E-state index contributed by atoms with van der Waals surface area (Å²) in [6, 6.07) is 12.6. The minimum Gasteiger partial charge on any atom is -0.383 e. The van der Waals surface area contributed by atoms with E-state index in [1.165, 1.54) is 6.07 Å². The van der Waals surface area contributed by atoms with Gasteiger partial charge in [0.2, 0.25) is 5.91 Å². The van der Waals surface area contributed by atoms with Crippen molar-refractivity contribution in [2.24, 2.45) is 5.73 Å². The van der Waals surface area contributed by atoms with Crippen LogP contribution in [0, 0.1) is 0 Å². The highest BCUT2D eigenvalue weighted by Gasteiger charge is 2.30. The van der Waals surface area contributed by atoms with Gasteiger partial charge >= 0.3 is 6.18 Å². The Hall–Kier alpha value is -3.55. The van der Waals surface area contributed by atoms with Crippen molar-refractivity contribution < 1.29 is 18.0 Å². The van der Waals surface area contributed by atoms with Crippen molar-refractivity contribution >= 4 is 33.5 Å². The van der Waals surface area contributed by atoms with Gasteiger partial charge in [-0.15, -0.1) is 0 Å². The number of nitrogens with one attached hydrogen (secondary N) is 2. The van der Waals surface area contributed by atoms with Gasteiger partial charge in [0.25, 0.3) is 0 Å². The average Bonchev–Trinajstić information content (AvgIpc) is 3.04. The molecule has 4 N–H and O–H groups in total. The number of pyridine rings is 1. The van der Waals surface area contributed by atoms with E-state index in [2.05, 4.69) is 15.3 Å². The van der Waals surface area contributed by atoms with Crippen LogP contribution in [0.5, 0.6) is 0 Å². The molecule has 4 rings (SSSR count). The Balaban J connectivity index is 1.93. The lowest BCUT2D eigenvalue weighted by Gasteiger charge is -2.10. The highest BCUT2D eigenvalue weighted by molar-refractivity contribution is 6.08. The molecular weight excluding hydrogens is 405 g/mol. The van der Waals surface area contributed by atoms with Crippen LogP contribution in [0.4, 0.5) is 18.9 Å². The van der Waals surface area contributed by atoms with Crippen molar-refractivity contribution in [3.8, 4) is 11.3 Å². The van der Waals surface area contributed by atoms with Gasteiger partial charge in [0, 0.05) is 22.7 Å². The predicted octanol–water partition coefficient (Wildman–Crippen LogP) is 5.25. The molecule has 0 saturated carbocycles. The number of hydrogen-bond acceptors (Lipinski definition) is 3. The molecule has 31 heavy (non-hydrogen) atoms. The molecule has 0 atom stereocenters. The van der Waals surface area contributed by atoms with Crippen molar-refractivity contribution in [3.05, 3.63) is 59.7 Å². The van der Waals surface area contributed by atoms with Crippen LogP contribution >= 0.6 is 0 Å². The molecule has 2 aromatic carbocycles. The number of amides is 1. The van der Waals surface area contributed by atoms with E-state index in [1.807, 2.05) is 32.0 Å². The summed E-state index contributed by atoms with van der Waals surface area (Å²) in [6.07, 6.45) is -4.52. The zero-order chi connectivity index (χ0) is 22.3. The normalized spacial score (nSPS) is 12.1. The van der Waals surface area contributed by atoms with E-state index < -0.39 is 17.6 Å². The molecule has 0 radical (unpaired) electrons. The summed E-state index contributed by atoms with van der Waals surface area (Å²) < 4.78 is 39.5. The number of fused-ring (bicyclic) bond motifs is 3. The second-order valence-electron chi connectivity index (χ2n) is 7.80. The number of aromatic amines is 1. The smallest absolute Gasteiger partial charge is 0.383 e. The van der Waals surface area contributed by atoms with Crippen molar-refractivity contribution in [1.29, 1.82) is 0 Å². The van der Waals surface area contributed by atoms with Gasteiger partial charge in [-0.05, 0) is 55.8 Å². The Kier molecular flexibility index (Phi) is 5.08. The number of alkyl halides is 3. The standard InChI is InChI=1S/C23H21F3N4O/c1-12(2)28-16-6-7-17-19(11-16)30-21-14(10-20(27)31)9-18(29-22(17)21)13-4-3-5-15(8-13)23(24,25)26/h3-9,11-12,28,30H,10H2,1-2H3,(H2,27,31). The third kappa shape index (κ3) is 4.19. The first-order chi connectivity index (χ1) is 14.6. The van der Waals surface area contributed by atoms with Crippen molar-refractivity contribution in [1.82, 2.24) is 9.97 Å². The second-order valence-corrected chi connectivity index (χ2v) is 7.80. The maximum atomic E-state index is 13.2. The number of H-pyrrole nitrogens is 1. The van der Waals surface area contributed by atoms with Crippen LogP contribution in [0.3, 0.4) is 0 Å². The number of nitrogens with two attached hydrogens (primary N) is 1. The number of hydrogen-bond donors (Lipinski definition) is 3. The monoisotopic (exact) mass is 426 g/mol. The Morgan fingerprint density at radius 1 is 1.16 bits per heavy atom. The van der Waals surface area contributed by atoms with Crippen molar-refractivity contribution in [3.63, 3.8) is 0 Å². The molecule has 2 aromatic heterocycles. The largest absolute Gasteiger partial charge is 0.416 e. The minimum atomic E-state index is -4.46. The van der Waals surface area contributed by atoms with Gasteiger partial charge in [-0.3, -0.25) is 4.79 Å². The second kappa shape index (κ2) is 7.61. The number of primary amides is 1. The zero-order valence-electron chi connectivity index (χ0n) is 17.0. The molecule has 0 aliphatic heterocycles. The van der Waals surface area contributed by atoms with E-state index in [9.17, 15) is 18.0 Å². The average molecular weight is 426 g/mol. The molecule has 2 heterocycles. The summed E-state index contributed by atoms with van der Waals surface area (Å²) in [5.41, 5.74) is 8.86. The Labute approximate surface area is 176 Å². The number of aromatic nitrogens is 2. The molecule has 0 fully saturated rings. The molecule has 5 nitrogen and oxygen atoms in total. The van der Waals surface area contributed by atoms with E-state index in [0.717, 1.165) is 28.7 Å². The van der Waals surface area contributed by atoms with Crippen LogP contribution in [0.2, 0.25) is 0 Å². The Morgan fingerprint density at radius 2 is 1.94 bits per heavy atom. The van der Waals surface area contributed by atoms with Crippen molar-refractivity contribution in [2.45, 2.75) is 32.5 Å². The van der Waals surface area contributed by atoms with Gasteiger partial charge in [-0.1, -0.05) is 12.1 Å². The maximum Gasteiger partial charge on any atom is 0.416 e. The highest BCUT2D eigenvalue weighted by atomic mass is 19.4. The summed E-state index contributed by atoms with van der Waals surface area (Å²) >= 11 is 0. The lowest BCUT2D eigenvalue weighted by atomic mass is 10.0. The molecule has 0 spiro atoms. The Morgan fingerprint density at radius 3 is 2.61 bits per heavy atom. The lowest BCUT2D eigenvalue weighted by Crippen LogP contribution is -2.14. The number of anilines is 1. The fourth-order valence-electron chi connectivity index (χ4n) is 3.67. The van der Waals surface area contributed by atoms with Gasteiger partial charge in [-0.25, -0.2) is 4.98 Å². The molecular formula is C23H21F3N4O. The molecule has 0 aliphatic rings. The quantitative estimate of drug-likeness (QED) is 0.408. The molecule has 0 unspecified atom stereocenters. The van der Waals surface area contributed by atoms with Crippen LogP contribution in [-0.2, 0) is 17.4 Å². The first kappa shape index (κ1) is 20.7. The number of halogens is 3. The Bertz CT molecular complexity index is 1290. The van der Waals surface area contributed by atoms with Gasteiger partial charge in [0.05, 0.1) is 34.2 Å². The van der Waals surface area contributed by atoms with Crippen LogP contribution in [-0.4, -0.2) is 21.9 Å². The first-order valence-corrected chi connectivity index (χ1v) is 9.79. The molecule has 8 heteroatoms. The number of nitrogens with zero attached hydrogens (tertiary/aromatic N) is 1. The molecule has 160 valence electrons. The fraction of sp³-hybridized carbons (Fsp3) is 0.217. The summed E-state index contributed by atoms with van der Waals surface area (Å²) in [6.45, 7) is 4.06. The molecule has 1 amide bonds. The van der Waals surface area contributed by atoms with E-state index >= 15 is 0 Å². The first-order valence-electron chi connectivity index (χ1n) is 9.79. The molecule has 0 bridgehead atoms. The summed E-state index contributed by atoms with van der Waals surface area (Å²) in [4.78, 5) is 19.6. The van der Waals surface area contributed by atoms with Crippen LogP contribution in [0.1, 0.15) is 25.0 Å². The summed E-state index contributed by atoms with van der Waals surface area (Å²) in [5.74, 6) is -0.539. The lowest BCUT2D eigenvalue weighted by molar-refractivity contribution is -0.137. The SMILES string of the molecule is CC(C)Nc1ccc2c(c1)[nH]c1c(CC(N)=O)cc(-c3cccc(C(F)(F)F)c3)nc12. The third-order valence-electron chi connectivity index (χ3n) is 4.94. The van der Waals surface area contributed by atoms with Gasteiger partial charge in [-0.2, -0.15) is 13.2 Å². The molecule has 0 aliphatic carbocycles. The molecule has 0 saturated heterocycles. The van der Waals surface area contributed by atoms with E-state index in [-0.39, 0.29) is 12.5 Å². The minimum absolute atomic E-state index is 0.0606. The third-order valence-corrected chi connectivity index (χ3v) is 4.94. The number of rotatable bonds is 5.